The van der Waals surface area contributed by atoms with Gasteiger partial charge in [0.2, 0.25) is 0 Å². The quantitative estimate of drug-likeness (QED) is 0.767. The summed E-state index contributed by atoms with van der Waals surface area (Å²) in [4.78, 5) is 0. The van der Waals surface area contributed by atoms with Crippen LogP contribution in [0.3, 0.4) is 0 Å². The van der Waals surface area contributed by atoms with Crippen molar-refractivity contribution in [3.63, 3.8) is 0 Å². The van der Waals surface area contributed by atoms with Crippen molar-refractivity contribution in [2.24, 2.45) is 5.92 Å². The predicted octanol–water partition coefficient (Wildman–Crippen LogP) is 3.22. The van der Waals surface area contributed by atoms with E-state index in [-0.39, 0.29) is 5.56 Å². The zero-order valence-electron chi connectivity index (χ0n) is 10.5. The van der Waals surface area contributed by atoms with Crippen LogP contribution in [0.2, 0.25) is 0 Å². The van der Waals surface area contributed by atoms with Crippen LogP contribution in [0.25, 0.3) is 0 Å². The minimum atomic E-state index is -0.397. The minimum absolute atomic E-state index is 0.117. The first kappa shape index (κ1) is 13.7. The van der Waals surface area contributed by atoms with Gasteiger partial charge in [0.25, 0.3) is 0 Å². The molecule has 1 N–H and O–H groups in total. The molecule has 0 aromatic heterocycles. The zero-order chi connectivity index (χ0) is 12.7. The Labute approximate surface area is 102 Å². The van der Waals surface area contributed by atoms with E-state index in [4.69, 9.17) is 5.26 Å². The molecular formula is C14H19FN2. The lowest BCUT2D eigenvalue weighted by Gasteiger charge is -2.08. The highest BCUT2D eigenvalue weighted by Gasteiger charge is 2.06. The molecule has 0 fully saturated rings. The van der Waals surface area contributed by atoms with E-state index in [1.807, 2.05) is 6.07 Å². The summed E-state index contributed by atoms with van der Waals surface area (Å²) in [7, 11) is 0. The van der Waals surface area contributed by atoms with Crippen LogP contribution >= 0.6 is 0 Å². The number of rotatable bonds is 6. The molecule has 0 spiro atoms. The Kier molecular flexibility index (Phi) is 5.65. The topological polar surface area (TPSA) is 35.8 Å². The molecule has 2 nitrogen and oxygen atoms in total. The Bertz CT molecular complexity index is 394. The maximum absolute atomic E-state index is 13.6. The standard InChI is InChI=1S/C14H19FN2/c1-11(2)5-4-8-17-10-13-7-3-6-12(9-16)14(13)15/h3,6-7,11,17H,4-5,8,10H2,1-2H3. The second kappa shape index (κ2) is 7.03. The number of nitriles is 1. The molecule has 0 saturated heterocycles. The van der Waals surface area contributed by atoms with Gasteiger partial charge in [0, 0.05) is 12.1 Å². The summed E-state index contributed by atoms with van der Waals surface area (Å²) in [5, 5.41) is 11.9. The first-order valence-electron chi connectivity index (χ1n) is 6.03. The Morgan fingerprint density at radius 2 is 2.18 bits per heavy atom. The van der Waals surface area contributed by atoms with Gasteiger partial charge in [-0.25, -0.2) is 4.39 Å². The van der Waals surface area contributed by atoms with Gasteiger partial charge < -0.3 is 5.32 Å². The van der Waals surface area contributed by atoms with E-state index < -0.39 is 5.82 Å². The third kappa shape index (κ3) is 4.54. The summed E-state index contributed by atoms with van der Waals surface area (Å²) in [5.41, 5.74) is 0.681. The van der Waals surface area contributed by atoms with Crippen LogP contribution in [0.15, 0.2) is 18.2 Å². The first-order valence-corrected chi connectivity index (χ1v) is 6.03. The van der Waals surface area contributed by atoms with Crippen LogP contribution < -0.4 is 5.32 Å². The third-order valence-corrected chi connectivity index (χ3v) is 2.65. The monoisotopic (exact) mass is 234 g/mol. The maximum Gasteiger partial charge on any atom is 0.145 e. The van der Waals surface area contributed by atoms with Crippen molar-refractivity contribution in [3.8, 4) is 6.07 Å². The van der Waals surface area contributed by atoms with Gasteiger partial charge in [-0.05, 0) is 31.4 Å². The van der Waals surface area contributed by atoms with Crippen LogP contribution in [0.5, 0.6) is 0 Å². The van der Waals surface area contributed by atoms with Crippen LogP contribution in [-0.4, -0.2) is 6.54 Å². The number of hydrogen-bond acceptors (Lipinski definition) is 2. The first-order chi connectivity index (χ1) is 8.15. The maximum atomic E-state index is 13.6. The SMILES string of the molecule is CC(C)CCCNCc1cccc(C#N)c1F. The molecule has 0 aliphatic carbocycles. The van der Waals surface area contributed by atoms with E-state index in [0.717, 1.165) is 13.0 Å². The summed E-state index contributed by atoms with van der Waals surface area (Å²) in [6.07, 6.45) is 2.27. The molecule has 0 aliphatic rings. The lowest BCUT2D eigenvalue weighted by Crippen LogP contribution is -2.16. The molecule has 0 saturated carbocycles. The molecule has 0 bridgehead atoms. The molecule has 3 heteroatoms. The summed E-state index contributed by atoms with van der Waals surface area (Å²) in [6, 6.07) is 6.78. The lowest BCUT2D eigenvalue weighted by atomic mass is 10.1. The summed E-state index contributed by atoms with van der Waals surface area (Å²) >= 11 is 0. The van der Waals surface area contributed by atoms with Gasteiger partial charge in [0.1, 0.15) is 11.9 Å². The van der Waals surface area contributed by atoms with E-state index in [9.17, 15) is 4.39 Å². The van der Waals surface area contributed by atoms with E-state index in [0.29, 0.717) is 18.0 Å². The van der Waals surface area contributed by atoms with Crippen molar-refractivity contribution >= 4 is 0 Å². The fourth-order valence-electron chi connectivity index (χ4n) is 1.66. The van der Waals surface area contributed by atoms with Gasteiger partial charge in [0.15, 0.2) is 0 Å². The van der Waals surface area contributed by atoms with E-state index >= 15 is 0 Å². The number of nitrogens with zero attached hydrogens (tertiary/aromatic N) is 1. The molecule has 0 unspecified atom stereocenters. The van der Waals surface area contributed by atoms with Gasteiger partial charge >= 0.3 is 0 Å². The number of benzene rings is 1. The molecule has 0 atom stereocenters. The largest absolute Gasteiger partial charge is 0.313 e. The Balaban J connectivity index is 2.40. The molecule has 0 amide bonds. The summed E-state index contributed by atoms with van der Waals surface area (Å²) in [5.74, 6) is 0.307. The predicted molar refractivity (Wildman–Crippen MR) is 66.9 cm³/mol. The molecule has 1 rings (SSSR count). The smallest absolute Gasteiger partial charge is 0.145 e. The van der Waals surface area contributed by atoms with Crippen LogP contribution in [0, 0.1) is 23.1 Å². The average molecular weight is 234 g/mol. The minimum Gasteiger partial charge on any atom is -0.313 e. The zero-order valence-corrected chi connectivity index (χ0v) is 10.5. The molecule has 0 radical (unpaired) electrons. The van der Waals surface area contributed by atoms with Crippen LogP contribution in [0.4, 0.5) is 4.39 Å². The van der Waals surface area contributed by atoms with E-state index in [1.165, 1.54) is 12.5 Å². The molecule has 0 aliphatic heterocycles. The summed E-state index contributed by atoms with van der Waals surface area (Å²) < 4.78 is 13.6. The fourth-order valence-corrected chi connectivity index (χ4v) is 1.66. The van der Waals surface area contributed by atoms with Gasteiger partial charge in [-0.3, -0.25) is 0 Å². The average Bonchev–Trinajstić information content (AvgIpc) is 2.30. The Hall–Kier alpha value is -1.40. The van der Waals surface area contributed by atoms with Crippen molar-refractivity contribution < 1.29 is 4.39 Å². The van der Waals surface area contributed by atoms with Gasteiger partial charge in [-0.2, -0.15) is 5.26 Å². The van der Waals surface area contributed by atoms with Crippen molar-refractivity contribution in [3.05, 3.63) is 35.1 Å². The van der Waals surface area contributed by atoms with Crippen LogP contribution in [0.1, 0.15) is 37.8 Å². The number of hydrogen-bond donors (Lipinski definition) is 1. The lowest BCUT2D eigenvalue weighted by molar-refractivity contribution is 0.520. The van der Waals surface area contributed by atoms with Crippen molar-refractivity contribution in [2.75, 3.05) is 6.54 Å². The van der Waals surface area contributed by atoms with E-state index in [2.05, 4.69) is 19.2 Å². The highest BCUT2D eigenvalue weighted by atomic mass is 19.1. The summed E-state index contributed by atoms with van der Waals surface area (Å²) in [6.45, 7) is 5.75. The van der Waals surface area contributed by atoms with Gasteiger partial charge in [0.05, 0.1) is 5.56 Å². The molecule has 92 valence electrons. The van der Waals surface area contributed by atoms with Gasteiger partial charge in [-0.15, -0.1) is 0 Å². The second-order valence-corrected chi connectivity index (χ2v) is 4.60. The van der Waals surface area contributed by atoms with Crippen molar-refractivity contribution in [1.29, 1.82) is 5.26 Å². The third-order valence-electron chi connectivity index (χ3n) is 2.65. The normalized spacial score (nSPS) is 10.5. The second-order valence-electron chi connectivity index (χ2n) is 4.60. The fraction of sp³-hybridized carbons (Fsp3) is 0.500. The number of halogens is 1. The Morgan fingerprint density at radius 3 is 2.82 bits per heavy atom. The van der Waals surface area contributed by atoms with Crippen molar-refractivity contribution in [1.82, 2.24) is 5.32 Å². The number of nitrogens with one attached hydrogen (secondary N) is 1. The van der Waals surface area contributed by atoms with Crippen LogP contribution in [-0.2, 0) is 6.54 Å². The molecular weight excluding hydrogens is 215 g/mol. The molecule has 17 heavy (non-hydrogen) atoms. The molecule has 0 heterocycles. The van der Waals surface area contributed by atoms with Crippen molar-refractivity contribution in [2.45, 2.75) is 33.2 Å². The molecule has 1 aromatic rings. The van der Waals surface area contributed by atoms with Gasteiger partial charge in [-0.1, -0.05) is 26.0 Å². The Morgan fingerprint density at radius 1 is 1.41 bits per heavy atom. The molecule has 1 aromatic carbocycles. The van der Waals surface area contributed by atoms with E-state index in [1.54, 1.807) is 12.1 Å². The highest BCUT2D eigenvalue weighted by molar-refractivity contribution is 5.34. The highest BCUT2D eigenvalue weighted by Crippen LogP contribution is 2.11.